The zero-order chi connectivity index (χ0) is 20.1. The number of carbonyl (C=O) groups excluding carboxylic acids is 2. The summed E-state index contributed by atoms with van der Waals surface area (Å²) in [6, 6.07) is 0.385. The van der Waals surface area contributed by atoms with E-state index in [1.54, 1.807) is 6.20 Å². The van der Waals surface area contributed by atoms with Crippen molar-refractivity contribution in [3.63, 3.8) is 0 Å². The van der Waals surface area contributed by atoms with E-state index in [0.29, 0.717) is 24.2 Å². The van der Waals surface area contributed by atoms with Crippen LogP contribution in [0.15, 0.2) is 6.20 Å². The number of rotatable bonds is 6. The van der Waals surface area contributed by atoms with Crippen LogP contribution in [-0.2, 0) is 9.53 Å². The number of nitrogens with zero attached hydrogens (tertiary/aromatic N) is 4. The molecular weight excluding hydrogens is 358 g/mol. The minimum atomic E-state index is -0.192. The molecule has 3 heterocycles. The van der Waals surface area contributed by atoms with Gasteiger partial charge in [0.05, 0.1) is 24.8 Å². The second-order valence-corrected chi connectivity index (χ2v) is 7.76. The summed E-state index contributed by atoms with van der Waals surface area (Å²) in [5.74, 6) is 0.380. The molecule has 1 aromatic rings. The van der Waals surface area contributed by atoms with Crippen LogP contribution in [0.5, 0.6) is 0 Å². The monoisotopic (exact) mass is 389 g/mol. The summed E-state index contributed by atoms with van der Waals surface area (Å²) in [4.78, 5) is 37.5. The fraction of sp³-hybridized carbons (Fsp3) is 0.700. The number of likely N-dealkylation sites (tertiary alicyclic amines) is 1. The van der Waals surface area contributed by atoms with E-state index in [9.17, 15) is 9.59 Å². The average molecular weight is 390 g/mol. The van der Waals surface area contributed by atoms with Gasteiger partial charge in [-0.3, -0.25) is 14.5 Å². The summed E-state index contributed by atoms with van der Waals surface area (Å²) < 4.78 is 4.77. The van der Waals surface area contributed by atoms with Crippen molar-refractivity contribution >= 4 is 17.8 Å². The predicted octanol–water partition coefficient (Wildman–Crippen LogP) is 1.53. The van der Waals surface area contributed by atoms with Crippen LogP contribution >= 0.6 is 0 Å². The van der Waals surface area contributed by atoms with E-state index < -0.39 is 0 Å². The number of anilines is 1. The Kier molecular flexibility index (Phi) is 6.83. The fourth-order valence-electron chi connectivity index (χ4n) is 4.09. The number of esters is 1. The molecule has 2 aliphatic rings. The van der Waals surface area contributed by atoms with Gasteiger partial charge in [0.15, 0.2) is 0 Å². The minimum absolute atomic E-state index is 0.146. The third-order valence-corrected chi connectivity index (χ3v) is 5.96. The summed E-state index contributed by atoms with van der Waals surface area (Å²) in [5.41, 5.74) is 1.23. The minimum Gasteiger partial charge on any atom is -0.469 e. The standard InChI is InChI=1S/C20H31N5O3/c1-14-17(13-22-20(23-14)25-9-5-4-6-10-25)19(27)21-12-16-8-7-15(24(16)2)11-18(26)28-3/h13,15-16H,4-12H2,1-3H3,(H,21,27)/t15-,16+/m1/s1. The van der Waals surface area contributed by atoms with Gasteiger partial charge in [-0.25, -0.2) is 9.97 Å². The Hall–Kier alpha value is -2.22. The van der Waals surface area contributed by atoms with Crippen LogP contribution < -0.4 is 10.2 Å². The van der Waals surface area contributed by atoms with Crippen molar-refractivity contribution in [3.05, 3.63) is 17.5 Å². The molecule has 0 saturated carbocycles. The van der Waals surface area contributed by atoms with E-state index >= 15 is 0 Å². The highest BCUT2D eigenvalue weighted by molar-refractivity contribution is 5.95. The highest BCUT2D eigenvalue weighted by atomic mass is 16.5. The van der Waals surface area contributed by atoms with E-state index in [4.69, 9.17) is 4.74 Å². The second-order valence-electron chi connectivity index (χ2n) is 7.76. The number of carbonyl (C=O) groups is 2. The lowest BCUT2D eigenvalue weighted by atomic mass is 10.1. The molecular formula is C20H31N5O3. The smallest absolute Gasteiger partial charge is 0.307 e. The first-order valence-electron chi connectivity index (χ1n) is 10.1. The number of hydrogen-bond acceptors (Lipinski definition) is 7. The maximum atomic E-state index is 12.6. The molecule has 28 heavy (non-hydrogen) atoms. The highest BCUT2D eigenvalue weighted by Gasteiger charge is 2.32. The largest absolute Gasteiger partial charge is 0.469 e. The summed E-state index contributed by atoms with van der Waals surface area (Å²) in [6.45, 7) is 4.36. The van der Waals surface area contributed by atoms with Gasteiger partial charge < -0.3 is 15.0 Å². The van der Waals surface area contributed by atoms with Crippen LogP contribution in [-0.4, -0.2) is 72.6 Å². The van der Waals surface area contributed by atoms with Gasteiger partial charge in [0, 0.05) is 37.9 Å². The molecule has 2 atom stereocenters. The molecule has 0 radical (unpaired) electrons. The molecule has 8 heteroatoms. The number of amides is 1. The number of aromatic nitrogens is 2. The van der Waals surface area contributed by atoms with Gasteiger partial charge in [0.2, 0.25) is 5.95 Å². The van der Waals surface area contributed by atoms with E-state index in [1.165, 1.54) is 13.5 Å². The summed E-state index contributed by atoms with van der Waals surface area (Å²) in [6.07, 6.45) is 7.49. The molecule has 2 saturated heterocycles. The lowest BCUT2D eigenvalue weighted by Gasteiger charge is -2.27. The number of methoxy groups -OCH3 is 1. The van der Waals surface area contributed by atoms with Gasteiger partial charge in [-0.2, -0.15) is 0 Å². The molecule has 1 amide bonds. The molecule has 2 fully saturated rings. The van der Waals surface area contributed by atoms with Crippen LogP contribution in [0.1, 0.15) is 54.6 Å². The molecule has 1 aromatic heterocycles. The molecule has 154 valence electrons. The number of likely N-dealkylation sites (N-methyl/N-ethyl adjacent to an activating group) is 1. The van der Waals surface area contributed by atoms with Crippen molar-refractivity contribution in [2.75, 3.05) is 38.7 Å². The lowest BCUT2D eigenvalue weighted by molar-refractivity contribution is -0.141. The van der Waals surface area contributed by atoms with E-state index in [1.807, 2.05) is 14.0 Å². The van der Waals surface area contributed by atoms with Crippen LogP contribution in [0.4, 0.5) is 5.95 Å². The maximum Gasteiger partial charge on any atom is 0.307 e. The van der Waals surface area contributed by atoms with E-state index in [-0.39, 0.29) is 24.0 Å². The van der Waals surface area contributed by atoms with Crippen molar-refractivity contribution < 1.29 is 14.3 Å². The van der Waals surface area contributed by atoms with Crippen LogP contribution in [0.3, 0.4) is 0 Å². The molecule has 8 nitrogen and oxygen atoms in total. The van der Waals surface area contributed by atoms with Crippen LogP contribution in [0, 0.1) is 6.92 Å². The highest BCUT2D eigenvalue weighted by Crippen LogP contribution is 2.24. The van der Waals surface area contributed by atoms with E-state index in [2.05, 4.69) is 25.1 Å². The van der Waals surface area contributed by atoms with E-state index in [0.717, 1.165) is 44.7 Å². The van der Waals surface area contributed by atoms with Gasteiger partial charge in [-0.15, -0.1) is 0 Å². The Bertz CT molecular complexity index is 705. The third kappa shape index (κ3) is 4.79. The molecule has 2 aliphatic heterocycles. The first-order valence-corrected chi connectivity index (χ1v) is 10.1. The van der Waals surface area contributed by atoms with Gasteiger partial charge >= 0.3 is 5.97 Å². The normalized spacial score (nSPS) is 22.9. The number of hydrogen-bond donors (Lipinski definition) is 1. The van der Waals surface area contributed by atoms with Gasteiger partial charge in [0.1, 0.15) is 0 Å². The van der Waals surface area contributed by atoms with Crippen LogP contribution in [0.2, 0.25) is 0 Å². The van der Waals surface area contributed by atoms with Gasteiger partial charge in [-0.1, -0.05) is 0 Å². The van der Waals surface area contributed by atoms with Crippen molar-refractivity contribution in [3.8, 4) is 0 Å². The molecule has 0 aliphatic carbocycles. The SMILES string of the molecule is COC(=O)C[C@H]1CC[C@@H](CNC(=O)c2cnc(N3CCCCC3)nc2C)N1C. The zero-order valence-electron chi connectivity index (χ0n) is 17.1. The molecule has 1 N–H and O–H groups in total. The molecule has 0 unspecified atom stereocenters. The Morgan fingerprint density at radius 2 is 1.93 bits per heavy atom. The Morgan fingerprint density at radius 3 is 2.61 bits per heavy atom. The average Bonchev–Trinajstić information content (AvgIpc) is 3.06. The topological polar surface area (TPSA) is 87.7 Å². The zero-order valence-corrected chi connectivity index (χ0v) is 17.1. The third-order valence-electron chi connectivity index (χ3n) is 5.96. The molecule has 3 rings (SSSR count). The van der Waals surface area contributed by atoms with Crippen LogP contribution in [0.25, 0.3) is 0 Å². The van der Waals surface area contributed by atoms with Crippen molar-refractivity contribution in [1.29, 1.82) is 0 Å². The summed E-state index contributed by atoms with van der Waals surface area (Å²) in [7, 11) is 3.41. The van der Waals surface area contributed by atoms with Gasteiger partial charge in [-0.05, 0) is 46.1 Å². The van der Waals surface area contributed by atoms with Gasteiger partial charge in [0.25, 0.3) is 5.91 Å². The Morgan fingerprint density at radius 1 is 1.21 bits per heavy atom. The first-order chi connectivity index (χ1) is 13.5. The van der Waals surface area contributed by atoms with Crippen molar-refractivity contribution in [2.24, 2.45) is 0 Å². The first kappa shape index (κ1) is 20.5. The fourth-order valence-corrected chi connectivity index (χ4v) is 4.09. The van der Waals surface area contributed by atoms with Crippen molar-refractivity contribution in [1.82, 2.24) is 20.2 Å². The number of ether oxygens (including phenoxy) is 1. The summed E-state index contributed by atoms with van der Waals surface area (Å²) in [5, 5.41) is 3.01. The number of nitrogens with one attached hydrogen (secondary N) is 1. The second kappa shape index (κ2) is 9.32. The summed E-state index contributed by atoms with van der Waals surface area (Å²) >= 11 is 0. The number of aryl methyl sites for hydroxylation is 1. The Balaban J connectivity index is 1.54. The number of piperidine rings is 1. The quantitative estimate of drug-likeness (QED) is 0.738. The molecule has 0 spiro atoms. The maximum absolute atomic E-state index is 12.6. The molecule has 0 aromatic carbocycles. The lowest BCUT2D eigenvalue weighted by Crippen LogP contribution is -2.41. The van der Waals surface area contributed by atoms with Crippen molar-refractivity contribution in [2.45, 2.75) is 57.5 Å². The molecule has 0 bridgehead atoms. The Labute approximate surface area is 166 Å². The predicted molar refractivity (Wildman–Crippen MR) is 106 cm³/mol.